The summed E-state index contributed by atoms with van der Waals surface area (Å²) >= 11 is 0. The lowest BCUT2D eigenvalue weighted by molar-refractivity contribution is -0.139. The molecule has 34 heavy (non-hydrogen) atoms. The van der Waals surface area contributed by atoms with Crippen molar-refractivity contribution in [3.05, 3.63) is 41.1 Å². The second kappa shape index (κ2) is 11.4. The number of carbonyl (C=O) groups is 3. The first-order chi connectivity index (χ1) is 16.3. The van der Waals surface area contributed by atoms with E-state index in [0.717, 1.165) is 13.0 Å². The molecule has 1 N–H and O–H groups in total. The van der Waals surface area contributed by atoms with E-state index in [2.05, 4.69) is 10.2 Å². The lowest BCUT2D eigenvalue weighted by Crippen LogP contribution is -2.49. The minimum Gasteiger partial charge on any atom is -0.496 e. The van der Waals surface area contributed by atoms with E-state index in [9.17, 15) is 14.4 Å². The smallest absolute Gasteiger partial charge is 0.338 e. The van der Waals surface area contributed by atoms with Crippen LogP contribution in [-0.4, -0.2) is 86.1 Å². The van der Waals surface area contributed by atoms with Crippen LogP contribution in [-0.2, 0) is 14.3 Å². The standard InChI is InChI=1S/C25H36N4O5/c1-6-34-24(31)21-19(16-28-12-9-13-29(15-14-28)23(30)17(2)3)27(4)25(32)26-22(21)18-10-7-8-11-20(18)33-5/h7-8,10-11,17,22H,6,9,12-16H2,1-5H3,(H,26,32)/t22-/m0/s1. The number of urea groups is 1. The lowest BCUT2D eigenvalue weighted by Gasteiger charge is -2.37. The van der Waals surface area contributed by atoms with Crippen molar-refractivity contribution in [3.8, 4) is 5.75 Å². The van der Waals surface area contributed by atoms with Crippen molar-refractivity contribution in [1.29, 1.82) is 0 Å². The van der Waals surface area contributed by atoms with Gasteiger partial charge < -0.3 is 19.7 Å². The number of carbonyl (C=O) groups excluding carboxylic acids is 3. The highest BCUT2D eigenvalue weighted by Gasteiger charge is 2.38. The fourth-order valence-corrected chi connectivity index (χ4v) is 4.46. The maximum atomic E-state index is 13.2. The fraction of sp³-hybridized carbons (Fsp3) is 0.560. The zero-order valence-corrected chi connectivity index (χ0v) is 20.8. The van der Waals surface area contributed by atoms with Crippen molar-refractivity contribution >= 4 is 17.9 Å². The molecule has 186 valence electrons. The number of likely N-dealkylation sites (N-methyl/N-ethyl adjacent to an activating group) is 1. The average Bonchev–Trinajstić information content (AvgIpc) is 3.06. The predicted molar refractivity (Wildman–Crippen MR) is 128 cm³/mol. The Hall–Kier alpha value is -3.07. The molecule has 0 unspecified atom stereocenters. The van der Waals surface area contributed by atoms with Crippen LogP contribution in [0.5, 0.6) is 5.75 Å². The minimum absolute atomic E-state index is 0.0422. The zero-order valence-electron chi connectivity index (χ0n) is 20.8. The van der Waals surface area contributed by atoms with Crippen LogP contribution in [0.3, 0.4) is 0 Å². The Balaban J connectivity index is 1.97. The molecule has 9 heteroatoms. The Morgan fingerprint density at radius 3 is 2.56 bits per heavy atom. The van der Waals surface area contributed by atoms with Crippen molar-refractivity contribution < 1.29 is 23.9 Å². The van der Waals surface area contributed by atoms with Crippen LogP contribution in [0.15, 0.2) is 35.5 Å². The number of amides is 3. The summed E-state index contributed by atoms with van der Waals surface area (Å²) in [4.78, 5) is 44.2. The zero-order chi connectivity index (χ0) is 24.8. The molecule has 0 bridgehead atoms. The third-order valence-corrected chi connectivity index (χ3v) is 6.29. The van der Waals surface area contributed by atoms with Crippen LogP contribution in [0.4, 0.5) is 4.79 Å². The Bertz CT molecular complexity index is 945. The molecule has 2 aliphatic rings. The maximum Gasteiger partial charge on any atom is 0.338 e. The number of nitrogens with zero attached hydrogens (tertiary/aromatic N) is 3. The number of nitrogens with one attached hydrogen (secondary N) is 1. The molecule has 3 rings (SSSR count). The Morgan fingerprint density at radius 2 is 1.88 bits per heavy atom. The topological polar surface area (TPSA) is 91.4 Å². The van der Waals surface area contributed by atoms with Crippen LogP contribution in [0.25, 0.3) is 0 Å². The molecule has 1 aromatic carbocycles. The molecule has 1 aromatic rings. The van der Waals surface area contributed by atoms with Crippen molar-refractivity contribution in [1.82, 2.24) is 20.0 Å². The fourth-order valence-electron chi connectivity index (χ4n) is 4.46. The monoisotopic (exact) mass is 472 g/mol. The predicted octanol–water partition coefficient (Wildman–Crippen LogP) is 2.40. The summed E-state index contributed by atoms with van der Waals surface area (Å²) in [5.74, 6) is 0.223. The Kier molecular flexibility index (Phi) is 8.55. The van der Waals surface area contributed by atoms with Gasteiger partial charge in [0.15, 0.2) is 0 Å². The summed E-state index contributed by atoms with van der Waals surface area (Å²) in [6.07, 6.45) is 0.826. The van der Waals surface area contributed by atoms with Gasteiger partial charge in [-0.3, -0.25) is 14.6 Å². The van der Waals surface area contributed by atoms with Gasteiger partial charge in [0, 0.05) is 56.9 Å². The lowest BCUT2D eigenvalue weighted by atomic mass is 9.93. The summed E-state index contributed by atoms with van der Waals surface area (Å²) in [7, 11) is 3.22. The van der Waals surface area contributed by atoms with Crippen molar-refractivity contribution in [2.75, 3.05) is 53.5 Å². The van der Waals surface area contributed by atoms with Gasteiger partial charge in [0.25, 0.3) is 0 Å². The molecule has 1 saturated heterocycles. The van der Waals surface area contributed by atoms with E-state index in [4.69, 9.17) is 9.47 Å². The number of methoxy groups -OCH3 is 1. The summed E-state index contributed by atoms with van der Waals surface area (Å²) in [5.41, 5.74) is 1.69. The third-order valence-electron chi connectivity index (χ3n) is 6.29. The first-order valence-electron chi connectivity index (χ1n) is 11.9. The number of para-hydroxylation sites is 1. The van der Waals surface area contributed by atoms with E-state index in [0.29, 0.717) is 48.8 Å². The van der Waals surface area contributed by atoms with E-state index in [1.807, 2.05) is 36.9 Å². The normalized spacial score (nSPS) is 19.7. The van der Waals surface area contributed by atoms with Gasteiger partial charge in [0.05, 0.1) is 25.3 Å². The molecule has 3 amide bonds. The Morgan fingerprint density at radius 1 is 1.15 bits per heavy atom. The van der Waals surface area contributed by atoms with Crippen LogP contribution < -0.4 is 10.1 Å². The number of esters is 1. The highest BCUT2D eigenvalue weighted by Crippen LogP contribution is 2.35. The molecule has 0 aliphatic carbocycles. The van der Waals surface area contributed by atoms with Gasteiger partial charge in [0.1, 0.15) is 5.75 Å². The van der Waals surface area contributed by atoms with Crippen LogP contribution in [0.1, 0.15) is 38.8 Å². The van der Waals surface area contributed by atoms with Gasteiger partial charge >= 0.3 is 12.0 Å². The maximum absolute atomic E-state index is 13.2. The minimum atomic E-state index is -0.695. The molecule has 0 spiro atoms. The van der Waals surface area contributed by atoms with E-state index in [1.54, 1.807) is 27.1 Å². The van der Waals surface area contributed by atoms with Gasteiger partial charge in [-0.25, -0.2) is 9.59 Å². The first kappa shape index (κ1) is 25.6. The van der Waals surface area contributed by atoms with Crippen molar-refractivity contribution in [2.45, 2.75) is 33.2 Å². The summed E-state index contributed by atoms with van der Waals surface area (Å²) < 4.78 is 10.9. The van der Waals surface area contributed by atoms with Gasteiger partial charge in [0.2, 0.25) is 5.91 Å². The molecule has 2 aliphatic heterocycles. The number of hydrogen-bond acceptors (Lipinski definition) is 6. The summed E-state index contributed by atoms with van der Waals surface area (Å²) in [6, 6.07) is 6.34. The molecular weight excluding hydrogens is 436 g/mol. The molecular formula is C25H36N4O5. The molecule has 1 atom stereocenters. The largest absolute Gasteiger partial charge is 0.496 e. The number of ether oxygens (including phenoxy) is 2. The summed E-state index contributed by atoms with van der Waals surface area (Å²) in [6.45, 7) is 8.95. The molecule has 2 heterocycles. The van der Waals surface area contributed by atoms with Crippen molar-refractivity contribution in [2.24, 2.45) is 5.92 Å². The van der Waals surface area contributed by atoms with Gasteiger partial charge in [-0.15, -0.1) is 0 Å². The van der Waals surface area contributed by atoms with Crippen LogP contribution in [0.2, 0.25) is 0 Å². The number of hydrogen-bond donors (Lipinski definition) is 1. The highest BCUT2D eigenvalue weighted by atomic mass is 16.5. The molecule has 0 radical (unpaired) electrons. The number of benzene rings is 1. The number of rotatable bonds is 7. The molecule has 0 saturated carbocycles. The van der Waals surface area contributed by atoms with Crippen LogP contribution in [0, 0.1) is 5.92 Å². The van der Waals surface area contributed by atoms with Crippen molar-refractivity contribution in [3.63, 3.8) is 0 Å². The van der Waals surface area contributed by atoms with E-state index < -0.39 is 12.0 Å². The van der Waals surface area contributed by atoms with Gasteiger partial charge in [-0.05, 0) is 19.4 Å². The second-order valence-electron chi connectivity index (χ2n) is 8.87. The SMILES string of the molecule is CCOC(=O)C1=C(CN2CCCN(C(=O)C(C)C)CC2)N(C)C(=O)N[C@H]1c1ccccc1OC. The second-order valence-corrected chi connectivity index (χ2v) is 8.87. The third kappa shape index (κ3) is 5.52. The molecule has 1 fully saturated rings. The van der Waals surface area contributed by atoms with Crippen LogP contribution >= 0.6 is 0 Å². The molecule has 9 nitrogen and oxygen atoms in total. The Labute approximate surface area is 201 Å². The van der Waals surface area contributed by atoms with Gasteiger partial charge in [-0.2, -0.15) is 0 Å². The molecule has 0 aromatic heterocycles. The quantitative estimate of drug-likeness (QED) is 0.613. The highest BCUT2D eigenvalue weighted by molar-refractivity contribution is 5.95. The average molecular weight is 473 g/mol. The first-order valence-corrected chi connectivity index (χ1v) is 11.9. The van der Waals surface area contributed by atoms with E-state index >= 15 is 0 Å². The van der Waals surface area contributed by atoms with E-state index in [-0.39, 0.29) is 24.5 Å². The van der Waals surface area contributed by atoms with E-state index in [1.165, 1.54) is 4.90 Å². The summed E-state index contributed by atoms with van der Waals surface area (Å²) in [5, 5.41) is 2.94. The van der Waals surface area contributed by atoms with Gasteiger partial charge in [-0.1, -0.05) is 32.0 Å².